The maximum atomic E-state index is 13.3. The van der Waals surface area contributed by atoms with Gasteiger partial charge in [0.2, 0.25) is 0 Å². The lowest BCUT2D eigenvalue weighted by Gasteiger charge is -2.11. The molecule has 0 heterocycles. The quantitative estimate of drug-likeness (QED) is 0.816. The smallest absolute Gasteiger partial charge is 0.325 e. The van der Waals surface area contributed by atoms with Crippen molar-refractivity contribution in [3.05, 3.63) is 34.9 Å². The fourth-order valence-corrected chi connectivity index (χ4v) is 1.28. The second kappa shape index (κ2) is 5.00. The van der Waals surface area contributed by atoms with Crippen molar-refractivity contribution in [2.75, 3.05) is 7.11 Å². The summed E-state index contributed by atoms with van der Waals surface area (Å²) in [7, 11) is 1.39. The first-order valence-electron chi connectivity index (χ1n) is 4.42. The van der Waals surface area contributed by atoms with Crippen LogP contribution in [0.5, 0.6) is 0 Å². The van der Waals surface area contributed by atoms with E-state index in [2.05, 4.69) is 0 Å². The van der Waals surface area contributed by atoms with Crippen molar-refractivity contribution in [3.63, 3.8) is 0 Å². The van der Waals surface area contributed by atoms with Gasteiger partial charge in [0.05, 0.1) is 6.61 Å². The third-order valence-corrected chi connectivity index (χ3v) is 2.03. The summed E-state index contributed by atoms with van der Waals surface area (Å²) in [5.74, 6) is -3.80. The van der Waals surface area contributed by atoms with E-state index in [0.29, 0.717) is 5.56 Å². The highest BCUT2D eigenvalue weighted by Gasteiger charge is 2.21. The van der Waals surface area contributed by atoms with Crippen LogP contribution in [0.4, 0.5) is 8.78 Å². The van der Waals surface area contributed by atoms with E-state index < -0.39 is 23.6 Å². The van der Waals surface area contributed by atoms with Crippen LogP contribution >= 0.6 is 0 Å². The highest BCUT2D eigenvalue weighted by molar-refractivity contribution is 5.75. The van der Waals surface area contributed by atoms with Gasteiger partial charge in [0.1, 0.15) is 6.04 Å². The Hall–Kier alpha value is -1.53. The Kier molecular flexibility index (Phi) is 3.92. The molecular weight excluding hydrogens is 220 g/mol. The van der Waals surface area contributed by atoms with Gasteiger partial charge in [-0.2, -0.15) is 0 Å². The molecule has 0 fully saturated rings. The van der Waals surface area contributed by atoms with Crippen LogP contribution in [0, 0.1) is 11.6 Å². The lowest BCUT2D eigenvalue weighted by Crippen LogP contribution is -2.22. The van der Waals surface area contributed by atoms with Crippen LogP contribution < -0.4 is 5.73 Å². The van der Waals surface area contributed by atoms with Crippen molar-refractivity contribution in [2.24, 2.45) is 5.73 Å². The molecule has 0 spiro atoms. The molecule has 3 N–H and O–H groups in total. The van der Waals surface area contributed by atoms with E-state index in [4.69, 9.17) is 15.6 Å². The average molecular weight is 231 g/mol. The fraction of sp³-hybridized carbons (Fsp3) is 0.300. The predicted molar refractivity (Wildman–Crippen MR) is 51.6 cm³/mol. The standard InChI is InChI=1S/C10H11F2NO3/c1-16-4-5-2-6(9(13)10(14)15)8(12)7(11)3-5/h2-3,9H,4,13H2,1H3,(H,14,15). The molecule has 6 heteroatoms. The van der Waals surface area contributed by atoms with Gasteiger partial charge >= 0.3 is 5.97 Å². The molecule has 0 aliphatic rings. The summed E-state index contributed by atoms with van der Waals surface area (Å²) in [6, 6.07) is 0.531. The summed E-state index contributed by atoms with van der Waals surface area (Å²) in [5.41, 5.74) is 5.16. The number of carboxylic acids is 1. The maximum Gasteiger partial charge on any atom is 0.325 e. The van der Waals surface area contributed by atoms with E-state index >= 15 is 0 Å². The third kappa shape index (κ3) is 2.53. The second-order valence-electron chi connectivity index (χ2n) is 3.23. The number of hydrogen-bond donors (Lipinski definition) is 2. The molecule has 0 saturated carbocycles. The van der Waals surface area contributed by atoms with Crippen molar-refractivity contribution in [2.45, 2.75) is 12.6 Å². The first kappa shape index (κ1) is 12.5. The van der Waals surface area contributed by atoms with Crippen LogP contribution in [0.25, 0.3) is 0 Å². The maximum absolute atomic E-state index is 13.3. The molecule has 4 nitrogen and oxygen atoms in total. The van der Waals surface area contributed by atoms with E-state index in [9.17, 15) is 13.6 Å². The molecule has 1 unspecified atom stereocenters. The molecule has 0 aromatic heterocycles. The van der Waals surface area contributed by atoms with Crippen molar-refractivity contribution >= 4 is 5.97 Å². The summed E-state index contributed by atoms with van der Waals surface area (Å²) in [4.78, 5) is 10.6. The van der Waals surface area contributed by atoms with Crippen molar-refractivity contribution in [1.29, 1.82) is 0 Å². The largest absolute Gasteiger partial charge is 0.480 e. The van der Waals surface area contributed by atoms with Crippen LogP contribution in [0.1, 0.15) is 17.2 Å². The Morgan fingerprint density at radius 3 is 2.69 bits per heavy atom. The summed E-state index contributed by atoms with van der Waals surface area (Å²) >= 11 is 0. The molecule has 0 amide bonds. The highest BCUT2D eigenvalue weighted by Crippen LogP contribution is 2.20. The van der Waals surface area contributed by atoms with Crippen molar-refractivity contribution < 1.29 is 23.4 Å². The lowest BCUT2D eigenvalue weighted by atomic mass is 10.0. The van der Waals surface area contributed by atoms with E-state index in [1.807, 2.05) is 0 Å². The number of hydrogen-bond acceptors (Lipinski definition) is 3. The Balaban J connectivity index is 3.20. The van der Waals surface area contributed by atoms with Gasteiger partial charge in [0.25, 0.3) is 0 Å². The zero-order valence-electron chi connectivity index (χ0n) is 8.54. The van der Waals surface area contributed by atoms with Gasteiger partial charge in [0, 0.05) is 12.7 Å². The molecule has 1 rings (SSSR count). The minimum atomic E-state index is -1.59. The van der Waals surface area contributed by atoms with Crippen LogP contribution in [-0.2, 0) is 16.1 Å². The fourth-order valence-electron chi connectivity index (χ4n) is 1.28. The average Bonchev–Trinajstić information content (AvgIpc) is 2.22. The van der Waals surface area contributed by atoms with E-state index in [1.165, 1.54) is 13.2 Å². The minimum absolute atomic E-state index is 0.0521. The number of aliphatic carboxylic acids is 1. The Morgan fingerprint density at radius 2 is 2.19 bits per heavy atom. The molecule has 1 atom stereocenters. The number of rotatable bonds is 4. The number of ether oxygens (including phenoxy) is 1. The molecule has 1 aromatic rings. The zero-order chi connectivity index (χ0) is 12.3. The number of methoxy groups -OCH3 is 1. The van der Waals surface area contributed by atoms with Gasteiger partial charge < -0.3 is 15.6 Å². The normalized spacial score (nSPS) is 12.5. The number of nitrogens with two attached hydrogens (primary N) is 1. The zero-order valence-corrected chi connectivity index (χ0v) is 8.54. The molecule has 88 valence electrons. The van der Waals surface area contributed by atoms with Gasteiger partial charge in [-0.25, -0.2) is 8.78 Å². The van der Waals surface area contributed by atoms with Gasteiger partial charge in [-0.3, -0.25) is 4.79 Å². The molecule has 0 aliphatic carbocycles. The SMILES string of the molecule is COCc1cc(F)c(F)c(C(N)C(=O)O)c1. The second-order valence-corrected chi connectivity index (χ2v) is 3.23. The lowest BCUT2D eigenvalue weighted by molar-refractivity contribution is -0.138. The number of benzene rings is 1. The van der Waals surface area contributed by atoms with E-state index in [1.54, 1.807) is 0 Å². The van der Waals surface area contributed by atoms with Crippen LogP contribution in [0.15, 0.2) is 12.1 Å². The Bertz CT molecular complexity index is 409. The number of carbonyl (C=O) groups is 1. The van der Waals surface area contributed by atoms with Gasteiger partial charge in [0.15, 0.2) is 11.6 Å². The molecule has 0 aliphatic heterocycles. The van der Waals surface area contributed by atoms with Crippen LogP contribution in [0.3, 0.4) is 0 Å². The summed E-state index contributed by atoms with van der Waals surface area (Å²) in [6.45, 7) is 0.0521. The summed E-state index contributed by atoms with van der Waals surface area (Å²) in [5, 5.41) is 8.63. The van der Waals surface area contributed by atoms with Crippen LogP contribution in [0.2, 0.25) is 0 Å². The van der Waals surface area contributed by atoms with E-state index in [0.717, 1.165) is 6.07 Å². The third-order valence-electron chi connectivity index (χ3n) is 2.03. The topological polar surface area (TPSA) is 72.5 Å². The molecule has 1 aromatic carbocycles. The minimum Gasteiger partial charge on any atom is -0.480 e. The molecule has 0 radical (unpaired) electrons. The molecular formula is C10H11F2NO3. The monoisotopic (exact) mass is 231 g/mol. The molecule has 0 bridgehead atoms. The number of halogens is 2. The predicted octanol–water partition coefficient (Wildman–Crippen LogP) is 1.20. The van der Waals surface area contributed by atoms with Gasteiger partial charge in [-0.1, -0.05) is 0 Å². The molecule has 16 heavy (non-hydrogen) atoms. The first-order valence-corrected chi connectivity index (χ1v) is 4.42. The van der Waals surface area contributed by atoms with Crippen molar-refractivity contribution in [1.82, 2.24) is 0 Å². The van der Waals surface area contributed by atoms with Crippen LogP contribution in [-0.4, -0.2) is 18.2 Å². The summed E-state index contributed by atoms with van der Waals surface area (Å²) in [6.07, 6.45) is 0. The molecule has 0 saturated heterocycles. The number of carboxylic acid groups (broad SMARTS) is 1. The summed E-state index contributed by atoms with van der Waals surface area (Å²) < 4.78 is 31.1. The van der Waals surface area contributed by atoms with Gasteiger partial charge in [-0.15, -0.1) is 0 Å². The first-order chi connectivity index (χ1) is 7.47. The Morgan fingerprint density at radius 1 is 1.56 bits per heavy atom. The van der Waals surface area contributed by atoms with E-state index in [-0.39, 0.29) is 12.2 Å². The van der Waals surface area contributed by atoms with Crippen molar-refractivity contribution in [3.8, 4) is 0 Å². The Labute approximate surface area is 90.6 Å². The highest BCUT2D eigenvalue weighted by atomic mass is 19.2. The van der Waals surface area contributed by atoms with Gasteiger partial charge in [-0.05, 0) is 17.7 Å².